The number of carbonyl (C=O) groups is 1. The van der Waals surface area contributed by atoms with Crippen LogP contribution in [0.2, 0.25) is 0 Å². The van der Waals surface area contributed by atoms with Crippen LogP contribution >= 0.6 is 0 Å². The van der Waals surface area contributed by atoms with Crippen LogP contribution in [0.4, 0.5) is 5.69 Å². The summed E-state index contributed by atoms with van der Waals surface area (Å²) in [6, 6.07) is 8.20. The minimum atomic E-state index is 0.156. The van der Waals surface area contributed by atoms with Gasteiger partial charge in [0.15, 0.2) is 0 Å². The molecule has 0 aromatic heterocycles. The third-order valence-electron chi connectivity index (χ3n) is 4.02. The van der Waals surface area contributed by atoms with Gasteiger partial charge in [0.05, 0.1) is 0 Å². The van der Waals surface area contributed by atoms with E-state index in [1.807, 2.05) is 23.1 Å². The van der Waals surface area contributed by atoms with E-state index < -0.39 is 0 Å². The van der Waals surface area contributed by atoms with Crippen molar-refractivity contribution >= 4 is 11.6 Å². The van der Waals surface area contributed by atoms with Crippen LogP contribution in [0, 0.1) is 5.41 Å². The molecule has 0 unspecified atom stereocenters. The van der Waals surface area contributed by atoms with Gasteiger partial charge in [-0.15, -0.1) is 0 Å². The van der Waals surface area contributed by atoms with Crippen molar-refractivity contribution in [2.75, 3.05) is 18.0 Å². The van der Waals surface area contributed by atoms with Gasteiger partial charge in [0.25, 0.3) is 0 Å². The number of rotatable bonds is 5. The molecule has 1 heterocycles. The van der Waals surface area contributed by atoms with E-state index in [2.05, 4.69) is 19.9 Å². The van der Waals surface area contributed by atoms with Crippen molar-refractivity contribution < 1.29 is 4.79 Å². The Morgan fingerprint density at radius 1 is 1.32 bits per heavy atom. The maximum atomic E-state index is 12.4. The summed E-state index contributed by atoms with van der Waals surface area (Å²) in [5, 5.41) is 0. The maximum absolute atomic E-state index is 12.4. The molecule has 0 aliphatic carbocycles. The van der Waals surface area contributed by atoms with Crippen molar-refractivity contribution in [1.29, 1.82) is 0 Å². The van der Waals surface area contributed by atoms with Crippen LogP contribution in [0.3, 0.4) is 0 Å². The zero-order chi connectivity index (χ0) is 13.9. The molecule has 0 saturated carbocycles. The van der Waals surface area contributed by atoms with Gasteiger partial charge in [-0.3, -0.25) is 4.79 Å². The molecule has 0 bridgehead atoms. The summed E-state index contributed by atoms with van der Waals surface area (Å²) in [5.74, 6) is 0.245. The fourth-order valence-electron chi connectivity index (χ4n) is 2.69. The van der Waals surface area contributed by atoms with Crippen molar-refractivity contribution in [2.45, 2.75) is 39.5 Å². The highest BCUT2D eigenvalue weighted by molar-refractivity contribution is 5.95. The zero-order valence-corrected chi connectivity index (χ0v) is 12.0. The smallest absolute Gasteiger partial charge is 0.227 e. The van der Waals surface area contributed by atoms with E-state index in [1.165, 1.54) is 5.56 Å². The Bertz CT molecular complexity index is 454. The fourth-order valence-corrected chi connectivity index (χ4v) is 2.69. The van der Waals surface area contributed by atoms with E-state index in [0.717, 1.165) is 31.5 Å². The van der Waals surface area contributed by atoms with Crippen LogP contribution in [0.25, 0.3) is 0 Å². The number of nitrogens with two attached hydrogens (primary N) is 1. The molecule has 1 aliphatic heterocycles. The van der Waals surface area contributed by atoms with E-state index in [1.54, 1.807) is 0 Å². The Balaban J connectivity index is 1.95. The molecule has 0 saturated heterocycles. The topological polar surface area (TPSA) is 46.3 Å². The van der Waals surface area contributed by atoms with Gasteiger partial charge in [-0.25, -0.2) is 0 Å². The second-order valence-corrected chi connectivity index (χ2v) is 6.13. The highest BCUT2D eigenvalue weighted by Gasteiger charge is 2.26. The lowest BCUT2D eigenvalue weighted by atomic mass is 9.84. The van der Waals surface area contributed by atoms with Gasteiger partial charge in [0.2, 0.25) is 5.91 Å². The monoisotopic (exact) mass is 260 g/mol. The average molecular weight is 260 g/mol. The predicted molar refractivity (Wildman–Crippen MR) is 79.2 cm³/mol. The number of hydrogen-bond acceptors (Lipinski definition) is 2. The molecule has 0 fully saturated rings. The normalized spacial score (nSPS) is 14.6. The molecule has 3 nitrogen and oxygen atoms in total. The molecule has 1 aromatic rings. The molecule has 0 radical (unpaired) electrons. The van der Waals surface area contributed by atoms with E-state index >= 15 is 0 Å². The first kappa shape index (κ1) is 14.1. The lowest BCUT2D eigenvalue weighted by molar-refractivity contribution is -0.119. The Morgan fingerprint density at radius 3 is 2.79 bits per heavy atom. The van der Waals surface area contributed by atoms with Gasteiger partial charge in [0.1, 0.15) is 0 Å². The number of para-hydroxylation sites is 1. The lowest BCUT2D eigenvalue weighted by Crippen LogP contribution is -2.30. The SMILES string of the molecule is CC(C)(CCN)CCC(=O)N1CCc2ccccc21. The second kappa shape index (κ2) is 5.74. The van der Waals surface area contributed by atoms with Gasteiger partial charge in [-0.1, -0.05) is 32.0 Å². The summed E-state index contributed by atoms with van der Waals surface area (Å²) in [6.07, 6.45) is 3.47. The Kier molecular flexibility index (Phi) is 4.25. The number of benzene rings is 1. The van der Waals surface area contributed by atoms with Crippen LogP contribution in [-0.2, 0) is 11.2 Å². The summed E-state index contributed by atoms with van der Waals surface area (Å²) in [6.45, 7) is 5.89. The molecular formula is C16H24N2O. The first-order chi connectivity index (χ1) is 9.03. The Morgan fingerprint density at radius 2 is 2.05 bits per heavy atom. The maximum Gasteiger partial charge on any atom is 0.227 e. The first-order valence-electron chi connectivity index (χ1n) is 7.12. The van der Waals surface area contributed by atoms with Gasteiger partial charge < -0.3 is 10.6 Å². The van der Waals surface area contributed by atoms with Crippen molar-refractivity contribution in [2.24, 2.45) is 11.1 Å². The van der Waals surface area contributed by atoms with Gasteiger partial charge in [-0.2, -0.15) is 0 Å². The van der Waals surface area contributed by atoms with Gasteiger partial charge in [-0.05, 0) is 42.9 Å². The summed E-state index contributed by atoms with van der Waals surface area (Å²) in [7, 11) is 0. The molecule has 1 amide bonds. The average Bonchev–Trinajstić information content (AvgIpc) is 2.80. The number of anilines is 1. The largest absolute Gasteiger partial charge is 0.330 e. The van der Waals surface area contributed by atoms with Crippen molar-refractivity contribution in [3.8, 4) is 0 Å². The molecule has 2 N–H and O–H groups in total. The minimum absolute atomic E-state index is 0.156. The Labute approximate surface area is 115 Å². The van der Waals surface area contributed by atoms with Crippen LogP contribution in [0.15, 0.2) is 24.3 Å². The summed E-state index contributed by atoms with van der Waals surface area (Å²) < 4.78 is 0. The van der Waals surface area contributed by atoms with Crippen LogP contribution in [0.5, 0.6) is 0 Å². The lowest BCUT2D eigenvalue weighted by Gasteiger charge is -2.25. The molecule has 0 atom stereocenters. The Hall–Kier alpha value is -1.35. The molecule has 19 heavy (non-hydrogen) atoms. The predicted octanol–water partition coefficient (Wildman–Crippen LogP) is 2.73. The van der Waals surface area contributed by atoms with Crippen molar-refractivity contribution in [1.82, 2.24) is 0 Å². The number of nitrogens with zero attached hydrogens (tertiary/aromatic N) is 1. The van der Waals surface area contributed by atoms with Gasteiger partial charge in [0, 0.05) is 18.7 Å². The van der Waals surface area contributed by atoms with Crippen LogP contribution in [-0.4, -0.2) is 19.0 Å². The number of fused-ring (bicyclic) bond motifs is 1. The number of carbonyl (C=O) groups excluding carboxylic acids is 1. The zero-order valence-electron chi connectivity index (χ0n) is 12.0. The minimum Gasteiger partial charge on any atom is -0.330 e. The molecular weight excluding hydrogens is 236 g/mol. The summed E-state index contributed by atoms with van der Waals surface area (Å²) in [4.78, 5) is 14.3. The van der Waals surface area contributed by atoms with E-state index in [-0.39, 0.29) is 11.3 Å². The summed E-state index contributed by atoms with van der Waals surface area (Å²) >= 11 is 0. The highest BCUT2D eigenvalue weighted by atomic mass is 16.2. The molecule has 0 spiro atoms. The van der Waals surface area contributed by atoms with E-state index in [4.69, 9.17) is 5.73 Å². The third-order valence-corrected chi connectivity index (χ3v) is 4.02. The second-order valence-electron chi connectivity index (χ2n) is 6.13. The first-order valence-corrected chi connectivity index (χ1v) is 7.12. The quantitative estimate of drug-likeness (QED) is 0.885. The van der Waals surface area contributed by atoms with E-state index in [0.29, 0.717) is 13.0 Å². The number of hydrogen-bond donors (Lipinski definition) is 1. The molecule has 1 aromatic carbocycles. The van der Waals surface area contributed by atoms with Crippen molar-refractivity contribution in [3.63, 3.8) is 0 Å². The highest BCUT2D eigenvalue weighted by Crippen LogP contribution is 2.30. The van der Waals surface area contributed by atoms with Crippen LogP contribution in [0.1, 0.15) is 38.7 Å². The third kappa shape index (κ3) is 3.35. The van der Waals surface area contributed by atoms with E-state index in [9.17, 15) is 4.79 Å². The molecule has 1 aliphatic rings. The van der Waals surface area contributed by atoms with Crippen molar-refractivity contribution in [3.05, 3.63) is 29.8 Å². The van der Waals surface area contributed by atoms with Gasteiger partial charge >= 0.3 is 0 Å². The molecule has 3 heteroatoms. The fraction of sp³-hybridized carbons (Fsp3) is 0.562. The standard InChI is InChI=1S/C16H24N2O/c1-16(2,10-11-17)9-7-15(19)18-12-8-13-5-3-4-6-14(13)18/h3-6H,7-12,17H2,1-2H3. The molecule has 2 rings (SSSR count). The molecule has 104 valence electrons. The summed E-state index contributed by atoms with van der Waals surface area (Å²) in [5.41, 5.74) is 8.16. The number of amides is 1. The van der Waals surface area contributed by atoms with Crippen LogP contribution < -0.4 is 10.6 Å².